The maximum atomic E-state index is 12.1. The molecule has 4 nitrogen and oxygen atoms in total. The Morgan fingerprint density at radius 2 is 1.74 bits per heavy atom. The highest BCUT2D eigenvalue weighted by molar-refractivity contribution is 6.36. The summed E-state index contributed by atoms with van der Waals surface area (Å²) in [4.78, 5) is 23.4. The first-order valence-electron chi connectivity index (χ1n) is 6.90. The van der Waals surface area contributed by atoms with E-state index in [1.54, 1.807) is 49.4 Å². The van der Waals surface area contributed by atoms with E-state index in [2.05, 4.69) is 5.32 Å². The zero-order valence-corrected chi connectivity index (χ0v) is 14.1. The molecule has 2 aromatic carbocycles. The van der Waals surface area contributed by atoms with Gasteiger partial charge in [-0.15, -0.1) is 0 Å². The van der Waals surface area contributed by atoms with Crippen LogP contribution in [0.15, 0.2) is 42.5 Å². The summed E-state index contributed by atoms with van der Waals surface area (Å²) in [5.41, 5.74) is 1.05. The van der Waals surface area contributed by atoms with Gasteiger partial charge in [0.25, 0.3) is 5.91 Å². The average Bonchev–Trinajstić information content (AvgIpc) is 2.50. The van der Waals surface area contributed by atoms with Gasteiger partial charge in [-0.25, -0.2) is 0 Å². The van der Waals surface area contributed by atoms with E-state index < -0.39 is 6.10 Å². The Morgan fingerprint density at radius 1 is 1.09 bits per heavy atom. The molecular weight excluding hydrogens is 337 g/mol. The van der Waals surface area contributed by atoms with Gasteiger partial charge in [-0.1, -0.05) is 23.2 Å². The van der Waals surface area contributed by atoms with Crippen LogP contribution in [0.4, 0.5) is 5.69 Å². The SMILES string of the molecule is CC(=O)c1ccc(O[C@H](C)C(=O)Nc2ccc(Cl)cc2Cl)cc1. The van der Waals surface area contributed by atoms with Gasteiger partial charge in [-0.2, -0.15) is 0 Å². The van der Waals surface area contributed by atoms with Crippen molar-refractivity contribution < 1.29 is 14.3 Å². The minimum atomic E-state index is -0.732. The third-order valence-electron chi connectivity index (χ3n) is 3.13. The van der Waals surface area contributed by atoms with E-state index >= 15 is 0 Å². The van der Waals surface area contributed by atoms with Crippen LogP contribution < -0.4 is 10.1 Å². The molecule has 0 aromatic heterocycles. The molecule has 1 atom stereocenters. The number of Topliss-reactive ketones (excluding diaryl/α,β-unsaturated/α-hetero) is 1. The number of ketones is 1. The van der Waals surface area contributed by atoms with E-state index in [1.807, 2.05) is 0 Å². The number of hydrogen-bond acceptors (Lipinski definition) is 3. The molecule has 6 heteroatoms. The number of halogens is 2. The molecule has 1 amide bonds. The Morgan fingerprint density at radius 3 is 2.30 bits per heavy atom. The van der Waals surface area contributed by atoms with Gasteiger partial charge in [-0.05, 0) is 56.3 Å². The highest BCUT2D eigenvalue weighted by atomic mass is 35.5. The predicted octanol–water partition coefficient (Wildman–Crippen LogP) is 4.60. The van der Waals surface area contributed by atoms with Crippen molar-refractivity contribution in [3.05, 3.63) is 58.1 Å². The zero-order valence-electron chi connectivity index (χ0n) is 12.6. The summed E-state index contributed by atoms with van der Waals surface area (Å²) < 4.78 is 5.55. The third kappa shape index (κ3) is 4.71. The van der Waals surface area contributed by atoms with Crippen LogP contribution in [0.1, 0.15) is 24.2 Å². The fourth-order valence-corrected chi connectivity index (χ4v) is 2.31. The molecular formula is C17H15Cl2NO3. The number of rotatable bonds is 5. The van der Waals surface area contributed by atoms with Crippen LogP contribution in [-0.4, -0.2) is 17.8 Å². The van der Waals surface area contributed by atoms with E-state index in [0.29, 0.717) is 27.0 Å². The lowest BCUT2D eigenvalue weighted by Crippen LogP contribution is -2.30. The summed E-state index contributed by atoms with van der Waals surface area (Å²) in [5, 5.41) is 3.52. The number of anilines is 1. The molecule has 0 heterocycles. The number of benzene rings is 2. The predicted molar refractivity (Wildman–Crippen MR) is 91.6 cm³/mol. The Bertz CT molecular complexity index is 729. The number of carbonyl (C=O) groups is 2. The van der Waals surface area contributed by atoms with Crippen LogP contribution in [-0.2, 0) is 4.79 Å². The van der Waals surface area contributed by atoms with Crippen molar-refractivity contribution in [1.82, 2.24) is 0 Å². The number of amides is 1. The minimum absolute atomic E-state index is 0.0280. The summed E-state index contributed by atoms with van der Waals surface area (Å²) in [6.45, 7) is 3.11. The van der Waals surface area contributed by atoms with E-state index in [0.717, 1.165) is 0 Å². The Balaban J connectivity index is 2.00. The van der Waals surface area contributed by atoms with Gasteiger partial charge in [0.1, 0.15) is 5.75 Å². The van der Waals surface area contributed by atoms with Gasteiger partial charge in [-0.3, -0.25) is 9.59 Å². The first-order valence-corrected chi connectivity index (χ1v) is 7.66. The summed E-state index contributed by atoms with van der Waals surface area (Å²) in [7, 11) is 0. The second kappa shape index (κ2) is 7.49. The number of carbonyl (C=O) groups excluding carboxylic acids is 2. The average molecular weight is 352 g/mol. The smallest absolute Gasteiger partial charge is 0.265 e. The van der Waals surface area contributed by atoms with E-state index in [9.17, 15) is 9.59 Å². The summed E-state index contributed by atoms with van der Waals surface area (Å²) in [6.07, 6.45) is -0.732. The van der Waals surface area contributed by atoms with Crippen molar-refractivity contribution >= 4 is 40.6 Å². The van der Waals surface area contributed by atoms with Gasteiger partial charge in [0.05, 0.1) is 10.7 Å². The highest BCUT2D eigenvalue weighted by Gasteiger charge is 2.16. The van der Waals surface area contributed by atoms with Crippen LogP contribution in [0.3, 0.4) is 0 Å². The van der Waals surface area contributed by atoms with Crippen LogP contribution in [0.5, 0.6) is 5.75 Å². The molecule has 0 bridgehead atoms. The standard InChI is InChI=1S/C17H15Cl2NO3/c1-10(21)12-3-6-14(7-4-12)23-11(2)17(22)20-16-8-5-13(18)9-15(16)19/h3-9,11H,1-2H3,(H,20,22)/t11-/m1/s1. The second-order valence-corrected chi connectivity index (χ2v) is 5.80. The van der Waals surface area contributed by atoms with Gasteiger partial charge < -0.3 is 10.1 Å². The summed E-state index contributed by atoms with van der Waals surface area (Å²) >= 11 is 11.8. The van der Waals surface area contributed by atoms with Crippen LogP contribution >= 0.6 is 23.2 Å². The molecule has 2 rings (SSSR count). The summed E-state index contributed by atoms with van der Waals surface area (Å²) in [6, 6.07) is 11.4. The maximum Gasteiger partial charge on any atom is 0.265 e. The first kappa shape index (κ1) is 17.3. The van der Waals surface area contributed by atoms with Crippen molar-refractivity contribution in [2.75, 3.05) is 5.32 Å². The van der Waals surface area contributed by atoms with Gasteiger partial charge in [0.15, 0.2) is 11.9 Å². The largest absolute Gasteiger partial charge is 0.481 e. The molecule has 0 radical (unpaired) electrons. The molecule has 23 heavy (non-hydrogen) atoms. The topological polar surface area (TPSA) is 55.4 Å². The maximum absolute atomic E-state index is 12.1. The van der Waals surface area contributed by atoms with Crippen molar-refractivity contribution in [3.63, 3.8) is 0 Å². The van der Waals surface area contributed by atoms with Crippen molar-refractivity contribution in [2.45, 2.75) is 20.0 Å². The van der Waals surface area contributed by atoms with E-state index in [4.69, 9.17) is 27.9 Å². The Hall–Kier alpha value is -2.04. The quantitative estimate of drug-likeness (QED) is 0.800. The molecule has 0 fully saturated rings. The molecule has 0 saturated heterocycles. The molecule has 1 N–H and O–H groups in total. The monoisotopic (exact) mass is 351 g/mol. The van der Waals surface area contributed by atoms with Crippen LogP contribution in [0, 0.1) is 0 Å². The molecule has 0 aliphatic carbocycles. The van der Waals surface area contributed by atoms with Crippen molar-refractivity contribution in [2.24, 2.45) is 0 Å². The number of ether oxygens (including phenoxy) is 1. The van der Waals surface area contributed by atoms with E-state index in [-0.39, 0.29) is 11.7 Å². The third-order valence-corrected chi connectivity index (χ3v) is 3.68. The van der Waals surface area contributed by atoms with E-state index in [1.165, 1.54) is 6.92 Å². The summed E-state index contributed by atoms with van der Waals surface area (Å²) in [5.74, 6) is 0.129. The lowest BCUT2D eigenvalue weighted by Gasteiger charge is -2.15. The van der Waals surface area contributed by atoms with Gasteiger partial charge >= 0.3 is 0 Å². The minimum Gasteiger partial charge on any atom is -0.481 e. The molecule has 0 aliphatic rings. The normalized spacial score (nSPS) is 11.7. The van der Waals surface area contributed by atoms with Crippen LogP contribution in [0.2, 0.25) is 10.0 Å². The van der Waals surface area contributed by atoms with Crippen molar-refractivity contribution in [1.29, 1.82) is 0 Å². The van der Waals surface area contributed by atoms with Crippen molar-refractivity contribution in [3.8, 4) is 5.75 Å². The highest BCUT2D eigenvalue weighted by Crippen LogP contribution is 2.25. The molecule has 2 aromatic rings. The van der Waals surface area contributed by atoms with Gasteiger partial charge in [0.2, 0.25) is 0 Å². The zero-order chi connectivity index (χ0) is 17.0. The lowest BCUT2D eigenvalue weighted by molar-refractivity contribution is -0.122. The fourth-order valence-electron chi connectivity index (χ4n) is 1.85. The molecule has 0 unspecified atom stereocenters. The van der Waals surface area contributed by atoms with Gasteiger partial charge in [0, 0.05) is 10.6 Å². The molecule has 0 spiro atoms. The Labute approximate surface area is 144 Å². The molecule has 0 saturated carbocycles. The number of nitrogens with one attached hydrogen (secondary N) is 1. The second-order valence-electron chi connectivity index (χ2n) is 4.95. The Kier molecular flexibility index (Phi) is 5.64. The first-order chi connectivity index (χ1) is 10.9. The fraction of sp³-hybridized carbons (Fsp3) is 0.176. The molecule has 0 aliphatic heterocycles. The molecule has 120 valence electrons. The van der Waals surface area contributed by atoms with Crippen LogP contribution in [0.25, 0.3) is 0 Å². The number of hydrogen-bond donors (Lipinski definition) is 1. The lowest BCUT2D eigenvalue weighted by atomic mass is 10.1.